The fourth-order valence-electron chi connectivity index (χ4n) is 5.75. The highest BCUT2D eigenvalue weighted by atomic mass is 31.2. The maximum absolute atomic E-state index is 14.2. The number of allylic oxidation sites excluding steroid dienone is 1. The van der Waals surface area contributed by atoms with E-state index in [4.69, 9.17) is 57.6 Å². The molecule has 0 heterocycles. The van der Waals surface area contributed by atoms with E-state index in [2.05, 4.69) is 10.4 Å². The van der Waals surface area contributed by atoms with Crippen LogP contribution < -0.4 is 20.7 Å². The molecule has 3 atom stereocenters. The number of rotatable bonds is 39. The Labute approximate surface area is 407 Å². The molecule has 0 saturated heterocycles. The van der Waals surface area contributed by atoms with E-state index in [0.29, 0.717) is 96.1 Å². The average Bonchev–Trinajstić information content (AvgIpc) is 3.34. The minimum absolute atomic E-state index is 0.0263. The molecule has 20 heteroatoms. The number of carbonyl (C=O) groups is 3. The van der Waals surface area contributed by atoms with Crippen LogP contribution in [0.2, 0.25) is 0 Å². The van der Waals surface area contributed by atoms with Crippen LogP contribution in [0.3, 0.4) is 0 Å². The van der Waals surface area contributed by atoms with Gasteiger partial charge in [0.05, 0.1) is 105 Å². The molecule has 69 heavy (non-hydrogen) atoms. The maximum atomic E-state index is 14.2. The SMILES string of the molecule is COCCOCCOCCOCCOCCOCCOCCN(COC/C(C)=C/CCP(=O)(N[C@@H](C)C(=O)OCc1ccccc1)Oc1ccccc1)C(=O)OCc1ccc(NC(=O)[C@H](C)N)cc1. The van der Waals surface area contributed by atoms with E-state index in [1.807, 2.05) is 49.4 Å². The van der Waals surface area contributed by atoms with Gasteiger partial charge in [-0.2, -0.15) is 0 Å². The summed E-state index contributed by atoms with van der Waals surface area (Å²) in [6.45, 7) is 10.8. The number of amides is 2. The number of nitrogens with two attached hydrogens (primary N) is 1. The first kappa shape index (κ1) is 58.6. The van der Waals surface area contributed by atoms with Gasteiger partial charge in [0.25, 0.3) is 0 Å². The second-order valence-electron chi connectivity index (χ2n) is 15.5. The first-order valence-corrected chi connectivity index (χ1v) is 24.9. The number of hydrogen-bond acceptors (Lipinski definition) is 16. The summed E-state index contributed by atoms with van der Waals surface area (Å²) in [6, 6.07) is 23.3. The van der Waals surface area contributed by atoms with Crippen molar-refractivity contribution in [1.82, 2.24) is 9.99 Å². The Morgan fingerprint density at radius 2 is 1.17 bits per heavy atom. The summed E-state index contributed by atoms with van der Waals surface area (Å²) in [5.41, 5.74) is 8.56. The van der Waals surface area contributed by atoms with Crippen LogP contribution in [0.1, 0.15) is 38.3 Å². The molecule has 2 amide bonds. The Morgan fingerprint density at radius 3 is 1.72 bits per heavy atom. The third-order valence-corrected chi connectivity index (χ3v) is 11.6. The molecule has 0 aromatic heterocycles. The van der Waals surface area contributed by atoms with Gasteiger partial charge >= 0.3 is 19.6 Å². The smallest absolute Gasteiger partial charge is 0.412 e. The molecule has 0 bridgehead atoms. The van der Waals surface area contributed by atoms with E-state index < -0.39 is 31.7 Å². The molecule has 19 nitrogen and oxygen atoms in total. The molecule has 384 valence electrons. The summed E-state index contributed by atoms with van der Waals surface area (Å²) < 4.78 is 75.3. The number of para-hydroxylation sites is 1. The van der Waals surface area contributed by atoms with Gasteiger partial charge in [-0.05, 0) is 62.6 Å². The van der Waals surface area contributed by atoms with Gasteiger partial charge in [0.15, 0.2) is 0 Å². The number of hydrogen-bond donors (Lipinski definition) is 3. The molecule has 0 radical (unpaired) electrons. The number of nitrogens with zero attached hydrogens (tertiary/aromatic N) is 1. The second-order valence-corrected chi connectivity index (χ2v) is 17.8. The maximum Gasteiger partial charge on any atom is 0.412 e. The number of ether oxygens (including phenoxy) is 10. The van der Waals surface area contributed by atoms with Crippen LogP contribution in [0.15, 0.2) is 96.6 Å². The minimum atomic E-state index is -3.61. The molecule has 0 aliphatic carbocycles. The Kier molecular flexibility index (Phi) is 30.7. The van der Waals surface area contributed by atoms with Gasteiger partial charge < -0.3 is 62.9 Å². The molecule has 4 N–H and O–H groups in total. The molecular weight excluding hydrogens is 916 g/mol. The first-order valence-electron chi connectivity index (χ1n) is 23.1. The summed E-state index contributed by atoms with van der Waals surface area (Å²) in [6.07, 6.45) is 1.65. The van der Waals surface area contributed by atoms with Crippen molar-refractivity contribution in [3.63, 3.8) is 0 Å². The van der Waals surface area contributed by atoms with Crippen molar-refractivity contribution in [3.8, 4) is 5.75 Å². The van der Waals surface area contributed by atoms with Crippen LogP contribution in [0, 0.1) is 0 Å². The Bertz CT molecular complexity index is 1910. The summed E-state index contributed by atoms with van der Waals surface area (Å²) in [5.74, 6) is -0.485. The summed E-state index contributed by atoms with van der Waals surface area (Å²) >= 11 is 0. The van der Waals surface area contributed by atoms with Crippen molar-refractivity contribution in [2.75, 3.05) is 124 Å². The number of benzene rings is 3. The summed E-state index contributed by atoms with van der Waals surface area (Å²) in [7, 11) is -1.99. The van der Waals surface area contributed by atoms with Crippen LogP contribution in [-0.4, -0.2) is 154 Å². The molecule has 3 rings (SSSR count). The largest absolute Gasteiger partial charge is 0.460 e. The fraction of sp³-hybridized carbons (Fsp3) is 0.531. The van der Waals surface area contributed by atoms with E-state index >= 15 is 0 Å². The standard InChI is InChI=1S/C49H73N4O15P/c1-40(12-11-35-69(57,68-46-15-9-6-10-16-46)52-42(3)48(55)66-37-43-13-7-5-8-14-43)36-65-39-53(49(56)67-38-44-17-19-45(20-18-44)51-47(54)41(2)50)21-22-59-25-26-61-29-30-63-33-34-64-32-31-62-28-27-60-24-23-58-4/h5-10,12-20,41-42H,11,21-39,50H2,1-4H3,(H,51,54)(H,52,57)/b40-12+/t41-,42-,69?/m0/s1. The van der Waals surface area contributed by atoms with Gasteiger partial charge in [-0.25, -0.2) is 9.88 Å². The number of nitrogens with one attached hydrogen (secondary N) is 2. The van der Waals surface area contributed by atoms with Gasteiger partial charge in [0, 0.05) is 19.3 Å². The Hall–Kier alpha value is -4.76. The predicted molar refractivity (Wildman–Crippen MR) is 260 cm³/mol. The number of esters is 1. The van der Waals surface area contributed by atoms with Crippen LogP contribution in [-0.2, 0) is 74.7 Å². The zero-order chi connectivity index (χ0) is 49.8. The molecule has 0 aliphatic rings. The third-order valence-electron chi connectivity index (χ3n) is 9.51. The lowest BCUT2D eigenvalue weighted by Crippen LogP contribution is -2.36. The fourth-order valence-corrected chi connectivity index (χ4v) is 7.65. The normalized spacial score (nSPS) is 13.3. The molecule has 0 spiro atoms. The van der Waals surface area contributed by atoms with Crippen molar-refractivity contribution >= 4 is 31.2 Å². The number of carbonyl (C=O) groups excluding carboxylic acids is 3. The first-order chi connectivity index (χ1) is 33.5. The van der Waals surface area contributed by atoms with E-state index in [1.54, 1.807) is 69.5 Å². The van der Waals surface area contributed by atoms with Gasteiger partial charge in [0.1, 0.15) is 31.7 Å². The van der Waals surface area contributed by atoms with E-state index in [9.17, 15) is 18.9 Å². The molecule has 0 saturated carbocycles. The van der Waals surface area contributed by atoms with Crippen molar-refractivity contribution in [3.05, 3.63) is 108 Å². The molecule has 0 aliphatic heterocycles. The monoisotopic (exact) mass is 988 g/mol. The van der Waals surface area contributed by atoms with Crippen LogP contribution >= 0.6 is 7.52 Å². The van der Waals surface area contributed by atoms with Gasteiger partial charge in [-0.3, -0.25) is 19.1 Å². The Morgan fingerprint density at radius 1 is 0.667 bits per heavy atom. The van der Waals surface area contributed by atoms with E-state index in [0.717, 1.165) is 11.1 Å². The predicted octanol–water partition coefficient (Wildman–Crippen LogP) is 5.96. The van der Waals surface area contributed by atoms with E-state index in [-0.39, 0.29) is 58.4 Å². The lowest BCUT2D eigenvalue weighted by Gasteiger charge is -2.23. The van der Waals surface area contributed by atoms with Crippen molar-refractivity contribution in [2.45, 2.75) is 52.5 Å². The zero-order valence-electron chi connectivity index (χ0n) is 40.6. The quantitative estimate of drug-likeness (QED) is 0.0197. The van der Waals surface area contributed by atoms with Gasteiger partial charge in [0.2, 0.25) is 5.91 Å². The van der Waals surface area contributed by atoms with E-state index in [1.165, 1.54) is 4.90 Å². The van der Waals surface area contributed by atoms with Gasteiger partial charge in [-0.1, -0.05) is 72.3 Å². The molecular formula is C49H73N4O15P. The lowest BCUT2D eigenvalue weighted by atomic mass is 10.2. The molecule has 3 aromatic carbocycles. The highest BCUT2D eigenvalue weighted by molar-refractivity contribution is 7.57. The van der Waals surface area contributed by atoms with Crippen molar-refractivity contribution in [1.29, 1.82) is 0 Å². The average molecular weight is 989 g/mol. The second kappa shape index (κ2) is 36.2. The molecule has 0 fully saturated rings. The Balaban J connectivity index is 1.44. The highest BCUT2D eigenvalue weighted by Gasteiger charge is 2.30. The molecule has 1 unspecified atom stereocenters. The number of anilines is 1. The topological polar surface area (TPSA) is 223 Å². The minimum Gasteiger partial charge on any atom is -0.460 e. The summed E-state index contributed by atoms with van der Waals surface area (Å²) in [4.78, 5) is 39.6. The van der Waals surface area contributed by atoms with Crippen molar-refractivity contribution < 1.29 is 70.8 Å². The highest BCUT2D eigenvalue weighted by Crippen LogP contribution is 2.44. The zero-order valence-corrected chi connectivity index (χ0v) is 41.4. The number of methoxy groups -OCH3 is 1. The van der Waals surface area contributed by atoms with Gasteiger partial charge in [-0.15, -0.1) is 0 Å². The van der Waals surface area contributed by atoms with Crippen molar-refractivity contribution in [2.24, 2.45) is 5.73 Å². The van der Waals surface area contributed by atoms with Crippen LogP contribution in [0.4, 0.5) is 10.5 Å². The lowest BCUT2D eigenvalue weighted by molar-refractivity contribution is -0.146. The summed E-state index contributed by atoms with van der Waals surface area (Å²) in [5, 5.41) is 5.62. The van der Waals surface area contributed by atoms with Crippen LogP contribution in [0.5, 0.6) is 5.75 Å². The molecule has 3 aromatic rings. The van der Waals surface area contributed by atoms with Crippen LogP contribution in [0.25, 0.3) is 0 Å². The third kappa shape index (κ3) is 27.9.